The Labute approximate surface area is 188 Å². The second-order valence-electron chi connectivity index (χ2n) is 8.19. The highest BCUT2D eigenvalue weighted by Crippen LogP contribution is 2.27. The number of amides is 1. The van der Waals surface area contributed by atoms with Gasteiger partial charge in [-0.3, -0.25) is 4.79 Å². The number of hydrogen-bond acceptors (Lipinski definition) is 4. The third kappa shape index (κ3) is 5.40. The smallest absolute Gasteiger partial charge is 0.243 e. The molecule has 2 aromatic carbocycles. The monoisotopic (exact) mass is 462 g/mol. The fraction of sp³-hybridized carbons (Fsp3) is 0.435. The van der Waals surface area contributed by atoms with Gasteiger partial charge in [-0.1, -0.05) is 11.6 Å². The molecular weight excluding hydrogens is 436 g/mol. The molecule has 166 valence electrons. The van der Waals surface area contributed by atoms with Gasteiger partial charge in [-0.15, -0.1) is 0 Å². The molecule has 8 heteroatoms. The molecule has 4 rings (SSSR count). The summed E-state index contributed by atoms with van der Waals surface area (Å²) in [6.07, 6.45) is 6.19. The second-order valence-corrected chi connectivity index (χ2v) is 10.6. The number of benzene rings is 2. The standard InChI is InChI=1S/C23H27ClN2O4S/c24-18-7-13-22(14-8-18)31(28,29)26-15-3-4-17(16-26)23(27)25-19-9-11-21(12-10-19)30-20-5-1-2-6-20/h7-14,17,20H,1-6,15-16H2,(H,25,27)/t17-/m1/s1. The van der Waals surface area contributed by atoms with Crippen LogP contribution in [0.15, 0.2) is 53.4 Å². The summed E-state index contributed by atoms with van der Waals surface area (Å²) in [5.41, 5.74) is 0.682. The number of sulfonamides is 1. The van der Waals surface area contributed by atoms with E-state index in [1.54, 1.807) is 12.1 Å². The van der Waals surface area contributed by atoms with Gasteiger partial charge in [0.05, 0.1) is 16.9 Å². The van der Waals surface area contributed by atoms with E-state index in [9.17, 15) is 13.2 Å². The Bertz CT molecular complexity index is 1000. The lowest BCUT2D eigenvalue weighted by atomic mass is 9.99. The van der Waals surface area contributed by atoms with Crippen molar-refractivity contribution < 1.29 is 17.9 Å². The van der Waals surface area contributed by atoms with E-state index in [1.165, 1.54) is 29.3 Å². The zero-order chi connectivity index (χ0) is 21.8. The summed E-state index contributed by atoms with van der Waals surface area (Å²) in [5, 5.41) is 3.40. The van der Waals surface area contributed by atoms with Gasteiger partial charge in [-0.2, -0.15) is 4.31 Å². The number of nitrogens with zero attached hydrogens (tertiary/aromatic N) is 1. The molecule has 0 unspecified atom stereocenters. The van der Waals surface area contributed by atoms with Crippen molar-refractivity contribution in [3.05, 3.63) is 53.6 Å². The van der Waals surface area contributed by atoms with Crippen molar-refractivity contribution in [2.24, 2.45) is 5.92 Å². The molecule has 1 aliphatic heterocycles. The van der Waals surface area contributed by atoms with Gasteiger partial charge in [0.2, 0.25) is 15.9 Å². The van der Waals surface area contributed by atoms with Crippen LogP contribution in [0.4, 0.5) is 5.69 Å². The first-order valence-electron chi connectivity index (χ1n) is 10.7. The highest BCUT2D eigenvalue weighted by Gasteiger charge is 2.33. The Morgan fingerprint density at radius 3 is 2.32 bits per heavy atom. The summed E-state index contributed by atoms with van der Waals surface area (Å²) in [7, 11) is -3.66. The summed E-state index contributed by atoms with van der Waals surface area (Å²) < 4.78 is 33.2. The van der Waals surface area contributed by atoms with Crippen LogP contribution in [0.1, 0.15) is 38.5 Å². The third-order valence-corrected chi connectivity index (χ3v) is 8.06. The van der Waals surface area contributed by atoms with Crippen molar-refractivity contribution >= 4 is 33.2 Å². The molecule has 31 heavy (non-hydrogen) atoms. The van der Waals surface area contributed by atoms with E-state index in [0.29, 0.717) is 30.1 Å². The van der Waals surface area contributed by atoms with Crippen molar-refractivity contribution in [1.82, 2.24) is 4.31 Å². The number of piperidine rings is 1. The molecule has 1 saturated carbocycles. The first-order chi connectivity index (χ1) is 14.9. The molecule has 2 aliphatic rings. The van der Waals surface area contributed by atoms with Crippen molar-refractivity contribution in [2.45, 2.75) is 49.5 Å². The molecule has 2 aromatic rings. The van der Waals surface area contributed by atoms with Crippen molar-refractivity contribution in [3.63, 3.8) is 0 Å². The van der Waals surface area contributed by atoms with E-state index >= 15 is 0 Å². The maximum Gasteiger partial charge on any atom is 0.243 e. The Balaban J connectivity index is 1.36. The minimum atomic E-state index is -3.66. The van der Waals surface area contributed by atoms with Crippen LogP contribution in [0.2, 0.25) is 5.02 Å². The first kappa shape index (κ1) is 22.1. The van der Waals surface area contributed by atoms with Crippen LogP contribution in [0.3, 0.4) is 0 Å². The van der Waals surface area contributed by atoms with Crippen LogP contribution >= 0.6 is 11.6 Å². The van der Waals surface area contributed by atoms with E-state index in [1.807, 2.05) is 24.3 Å². The van der Waals surface area contributed by atoms with Crippen LogP contribution in [0.5, 0.6) is 5.75 Å². The molecule has 0 bridgehead atoms. The van der Waals surface area contributed by atoms with E-state index in [4.69, 9.17) is 16.3 Å². The van der Waals surface area contributed by atoms with Gasteiger partial charge in [0.15, 0.2) is 0 Å². The van der Waals surface area contributed by atoms with E-state index in [2.05, 4.69) is 5.32 Å². The number of carbonyl (C=O) groups excluding carboxylic acids is 1. The predicted molar refractivity (Wildman–Crippen MR) is 121 cm³/mol. The lowest BCUT2D eigenvalue weighted by Crippen LogP contribution is -2.43. The molecule has 1 aliphatic carbocycles. The Kier molecular flexibility index (Phi) is 6.84. The Morgan fingerprint density at radius 1 is 0.968 bits per heavy atom. The number of anilines is 1. The van der Waals surface area contributed by atoms with Crippen LogP contribution in [0, 0.1) is 5.92 Å². The molecule has 6 nitrogen and oxygen atoms in total. The van der Waals surface area contributed by atoms with Crippen LogP contribution in [-0.4, -0.2) is 37.8 Å². The van der Waals surface area contributed by atoms with Gasteiger partial charge in [-0.05, 0) is 87.1 Å². The van der Waals surface area contributed by atoms with Crippen molar-refractivity contribution in [1.29, 1.82) is 0 Å². The minimum Gasteiger partial charge on any atom is -0.490 e. The molecule has 1 atom stereocenters. The maximum atomic E-state index is 12.9. The van der Waals surface area contributed by atoms with Crippen LogP contribution in [0.25, 0.3) is 0 Å². The van der Waals surface area contributed by atoms with Gasteiger partial charge < -0.3 is 10.1 Å². The molecule has 1 saturated heterocycles. The van der Waals surface area contributed by atoms with E-state index in [0.717, 1.165) is 18.6 Å². The van der Waals surface area contributed by atoms with Crippen molar-refractivity contribution in [2.75, 3.05) is 18.4 Å². The zero-order valence-electron chi connectivity index (χ0n) is 17.3. The second kappa shape index (κ2) is 9.59. The minimum absolute atomic E-state index is 0.166. The zero-order valence-corrected chi connectivity index (χ0v) is 18.9. The lowest BCUT2D eigenvalue weighted by Gasteiger charge is -2.31. The van der Waals surface area contributed by atoms with Gasteiger partial charge in [-0.25, -0.2) is 8.42 Å². The number of hydrogen-bond donors (Lipinski definition) is 1. The summed E-state index contributed by atoms with van der Waals surface area (Å²) in [5.74, 6) is 0.244. The van der Waals surface area contributed by atoms with Crippen LogP contribution < -0.4 is 10.1 Å². The summed E-state index contributed by atoms with van der Waals surface area (Å²) in [6, 6.07) is 13.5. The number of halogens is 1. The lowest BCUT2D eigenvalue weighted by molar-refractivity contribution is -0.120. The summed E-state index contributed by atoms with van der Waals surface area (Å²) in [4.78, 5) is 13.0. The molecule has 1 N–H and O–H groups in total. The van der Waals surface area contributed by atoms with Crippen molar-refractivity contribution in [3.8, 4) is 5.75 Å². The molecule has 0 radical (unpaired) electrons. The van der Waals surface area contributed by atoms with E-state index in [-0.39, 0.29) is 23.5 Å². The fourth-order valence-corrected chi connectivity index (χ4v) is 5.84. The summed E-state index contributed by atoms with van der Waals surface area (Å²) in [6.45, 7) is 0.571. The average Bonchev–Trinajstić information content (AvgIpc) is 3.28. The van der Waals surface area contributed by atoms with Gasteiger partial charge in [0, 0.05) is 23.8 Å². The normalized spacial score (nSPS) is 20.5. The van der Waals surface area contributed by atoms with Gasteiger partial charge in [0.25, 0.3) is 0 Å². The molecule has 0 spiro atoms. The Hall–Kier alpha value is -2.09. The van der Waals surface area contributed by atoms with Gasteiger partial charge in [0.1, 0.15) is 5.75 Å². The molecular formula is C23H27ClN2O4S. The highest BCUT2D eigenvalue weighted by atomic mass is 35.5. The highest BCUT2D eigenvalue weighted by molar-refractivity contribution is 7.89. The molecule has 2 fully saturated rings. The predicted octanol–water partition coefficient (Wildman–Crippen LogP) is 4.70. The molecule has 1 amide bonds. The number of carbonyl (C=O) groups is 1. The quantitative estimate of drug-likeness (QED) is 0.675. The average molecular weight is 463 g/mol. The molecule has 1 heterocycles. The van der Waals surface area contributed by atoms with Crippen LogP contribution in [-0.2, 0) is 14.8 Å². The van der Waals surface area contributed by atoms with E-state index < -0.39 is 15.9 Å². The Morgan fingerprint density at radius 2 is 1.65 bits per heavy atom. The number of ether oxygens (including phenoxy) is 1. The fourth-order valence-electron chi connectivity index (χ4n) is 4.19. The topological polar surface area (TPSA) is 75.7 Å². The first-order valence-corrected chi connectivity index (χ1v) is 12.6. The third-order valence-electron chi connectivity index (χ3n) is 5.93. The summed E-state index contributed by atoms with van der Waals surface area (Å²) >= 11 is 5.87. The number of nitrogens with one attached hydrogen (secondary N) is 1. The molecule has 0 aromatic heterocycles. The number of rotatable bonds is 6. The largest absolute Gasteiger partial charge is 0.490 e. The maximum absolute atomic E-state index is 12.9. The SMILES string of the molecule is O=C(Nc1ccc(OC2CCCC2)cc1)[C@@H]1CCCN(S(=O)(=O)c2ccc(Cl)cc2)C1. The van der Waals surface area contributed by atoms with Gasteiger partial charge >= 0.3 is 0 Å².